The summed E-state index contributed by atoms with van der Waals surface area (Å²) in [5.74, 6) is 0. The molecule has 2 aromatic heterocycles. The van der Waals surface area contributed by atoms with Gasteiger partial charge in [-0.2, -0.15) is 0 Å². The number of rotatable bonds is 4. The molecule has 1 N–H and O–H groups in total. The second-order valence-electron chi connectivity index (χ2n) is 7.46. The summed E-state index contributed by atoms with van der Waals surface area (Å²) in [6.45, 7) is 2.71. The van der Waals surface area contributed by atoms with Crippen molar-refractivity contribution in [2.75, 3.05) is 0 Å². The molecule has 0 amide bonds. The molecular weight excluding hydrogens is 370 g/mol. The van der Waals surface area contributed by atoms with E-state index in [2.05, 4.69) is 57.9 Å². The lowest BCUT2D eigenvalue weighted by molar-refractivity contribution is 0.831. The first-order valence-corrected chi connectivity index (χ1v) is 9.98. The van der Waals surface area contributed by atoms with Crippen molar-refractivity contribution in [3.63, 3.8) is 0 Å². The lowest BCUT2D eigenvalue weighted by Crippen LogP contribution is -2.08. The molecule has 0 unspecified atom stereocenters. The van der Waals surface area contributed by atoms with Crippen LogP contribution in [0.2, 0.25) is 0 Å². The Hall–Kier alpha value is -3.92. The van der Waals surface area contributed by atoms with E-state index in [0.717, 1.165) is 27.9 Å². The second-order valence-corrected chi connectivity index (χ2v) is 7.46. The van der Waals surface area contributed by atoms with E-state index in [4.69, 9.17) is 0 Å². The summed E-state index contributed by atoms with van der Waals surface area (Å²) in [5, 5.41) is 0.620. The Balaban J connectivity index is 1.87. The number of hydrogen-bond acceptors (Lipinski definition) is 2. The molecule has 0 spiro atoms. The zero-order chi connectivity index (χ0) is 20.5. The van der Waals surface area contributed by atoms with Gasteiger partial charge in [-0.05, 0) is 23.6 Å². The predicted molar refractivity (Wildman–Crippen MR) is 122 cm³/mol. The zero-order valence-corrected chi connectivity index (χ0v) is 16.7. The first-order valence-electron chi connectivity index (χ1n) is 9.98. The number of nitrogens with zero attached hydrogens (tertiary/aromatic N) is 2. The summed E-state index contributed by atoms with van der Waals surface area (Å²) >= 11 is 0. The van der Waals surface area contributed by atoms with Gasteiger partial charge in [0.25, 0.3) is 5.56 Å². The van der Waals surface area contributed by atoms with Crippen LogP contribution in [-0.4, -0.2) is 14.5 Å². The molecule has 146 valence electrons. The van der Waals surface area contributed by atoms with Crippen molar-refractivity contribution in [1.82, 2.24) is 14.5 Å². The zero-order valence-electron chi connectivity index (χ0n) is 16.7. The first-order chi connectivity index (χ1) is 14.7. The summed E-state index contributed by atoms with van der Waals surface area (Å²) < 4.78 is 2.16. The molecule has 0 atom stereocenters. The molecule has 3 aromatic carbocycles. The third-order valence-electron chi connectivity index (χ3n) is 5.42. The molecule has 0 aliphatic heterocycles. The number of benzene rings is 3. The van der Waals surface area contributed by atoms with Crippen LogP contribution in [0.4, 0.5) is 0 Å². The van der Waals surface area contributed by atoms with Crippen molar-refractivity contribution in [1.29, 1.82) is 0 Å². The summed E-state index contributed by atoms with van der Waals surface area (Å²) in [6.07, 6.45) is 1.49. The largest absolute Gasteiger partial charge is 0.320 e. The Morgan fingerprint density at radius 1 is 0.833 bits per heavy atom. The highest BCUT2D eigenvalue weighted by Gasteiger charge is 2.23. The molecular formula is C26H21N3O. The number of aryl methyl sites for hydroxylation is 1. The summed E-state index contributed by atoms with van der Waals surface area (Å²) in [4.78, 5) is 20.3. The van der Waals surface area contributed by atoms with Gasteiger partial charge in [-0.25, -0.2) is 4.98 Å². The van der Waals surface area contributed by atoms with E-state index in [1.807, 2.05) is 48.5 Å². The first kappa shape index (κ1) is 18.1. The van der Waals surface area contributed by atoms with Crippen LogP contribution < -0.4 is 5.56 Å². The maximum Gasteiger partial charge on any atom is 0.260 e. The highest BCUT2D eigenvalue weighted by Crippen LogP contribution is 2.39. The average molecular weight is 391 g/mol. The van der Waals surface area contributed by atoms with E-state index in [9.17, 15) is 4.79 Å². The van der Waals surface area contributed by atoms with Crippen LogP contribution in [-0.2, 0) is 6.54 Å². The van der Waals surface area contributed by atoms with E-state index in [-0.39, 0.29) is 5.56 Å². The minimum absolute atomic E-state index is 0.126. The standard InChI is InChI=1S/C26H21N3O/c1-18-12-14-19(15-13-18)16-29-24(21-10-6-3-7-11-21)22(20-8-4-2-5-9-20)23-25(29)27-17-28-26(23)30/h2-15,17H,16H2,1H3,(H,27,28,30). The van der Waals surface area contributed by atoms with E-state index < -0.39 is 0 Å². The molecule has 0 aliphatic rings. The fourth-order valence-corrected chi connectivity index (χ4v) is 3.99. The van der Waals surface area contributed by atoms with Crippen LogP contribution in [0.3, 0.4) is 0 Å². The lowest BCUT2D eigenvalue weighted by atomic mass is 9.99. The number of nitrogens with one attached hydrogen (secondary N) is 1. The van der Waals surface area contributed by atoms with Gasteiger partial charge in [0, 0.05) is 12.1 Å². The molecule has 30 heavy (non-hydrogen) atoms. The fourth-order valence-electron chi connectivity index (χ4n) is 3.99. The molecule has 2 heterocycles. The number of H-pyrrole nitrogens is 1. The Kier molecular flexibility index (Phi) is 4.52. The van der Waals surface area contributed by atoms with E-state index in [1.165, 1.54) is 11.9 Å². The van der Waals surface area contributed by atoms with Crippen LogP contribution in [0.25, 0.3) is 33.4 Å². The normalized spacial score (nSPS) is 11.1. The van der Waals surface area contributed by atoms with Gasteiger partial charge in [0.15, 0.2) is 0 Å². The van der Waals surface area contributed by atoms with Gasteiger partial charge in [0.1, 0.15) is 5.65 Å². The highest BCUT2D eigenvalue weighted by atomic mass is 16.1. The van der Waals surface area contributed by atoms with Crippen molar-refractivity contribution >= 4 is 11.0 Å². The van der Waals surface area contributed by atoms with Gasteiger partial charge in [0.2, 0.25) is 0 Å². The molecule has 0 saturated carbocycles. The van der Waals surface area contributed by atoms with Crippen molar-refractivity contribution < 1.29 is 0 Å². The molecule has 0 bridgehead atoms. The van der Waals surface area contributed by atoms with Gasteiger partial charge >= 0.3 is 0 Å². The van der Waals surface area contributed by atoms with Crippen LogP contribution in [0.15, 0.2) is 96.1 Å². The molecule has 5 aromatic rings. The maximum absolute atomic E-state index is 13.0. The second kappa shape index (κ2) is 7.48. The van der Waals surface area contributed by atoms with Crippen LogP contribution in [0, 0.1) is 6.92 Å². The van der Waals surface area contributed by atoms with Crippen LogP contribution >= 0.6 is 0 Å². The van der Waals surface area contributed by atoms with Gasteiger partial charge in [-0.3, -0.25) is 4.79 Å². The Morgan fingerprint density at radius 2 is 1.47 bits per heavy atom. The molecule has 0 radical (unpaired) electrons. The molecule has 0 fully saturated rings. The number of aromatic amines is 1. The number of hydrogen-bond donors (Lipinski definition) is 1. The quantitative estimate of drug-likeness (QED) is 0.445. The van der Waals surface area contributed by atoms with Crippen molar-refractivity contribution in [3.8, 4) is 22.4 Å². The smallest absolute Gasteiger partial charge is 0.260 e. The number of aromatic nitrogens is 3. The van der Waals surface area contributed by atoms with Crippen molar-refractivity contribution in [3.05, 3.63) is 113 Å². The van der Waals surface area contributed by atoms with Crippen LogP contribution in [0.1, 0.15) is 11.1 Å². The Labute approximate surface area is 174 Å². The van der Waals surface area contributed by atoms with Gasteiger partial charge < -0.3 is 9.55 Å². The maximum atomic E-state index is 13.0. The summed E-state index contributed by atoms with van der Waals surface area (Å²) in [5.41, 5.74) is 6.93. The molecule has 4 nitrogen and oxygen atoms in total. The van der Waals surface area contributed by atoms with E-state index in [1.54, 1.807) is 0 Å². The Bertz CT molecular complexity index is 1370. The average Bonchev–Trinajstić information content (AvgIpc) is 3.12. The van der Waals surface area contributed by atoms with Gasteiger partial charge in [0.05, 0.1) is 17.4 Å². The molecule has 5 rings (SSSR count). The van der Waals surface area contributed by atoms with E-state index >= 15 is 0 Å². The Morgan fingerprint density at radius 3 is 2.13 bits per heavy atom. The van der Waals surface area contributed by atoms with Crippen molar-refractivity contribution in [2.24, 2.45) is 0 Å². The minimum atomic E-state index is -0.126. The lowest BCUT2D eigenvalue weighted by Gasteiger charge is -2.13. The SMILES string of the molecule is Cc1ccc(Cn2c(-c3ccccc3)c(-c3ccccc3)c3c(=O)[nH]cnc32)cc1. The third kappa shape index (κ3) is 3.12. The summed E-state index contributed by atoms with van der Waals surface area (Å²) in [7, 11) is 0. The molecule has 4 heteroatoms. The van der Waals surface area contributed by atoms with Crippen molar-refractivity contribution in [2.45, 2.75) is 13.5 Å². The van der Waals surface area contributed by atoms with Crippen LogP contribution in [0.5, 0.6) is 0 Å². The summed E-state index contributed by atoms with van der Waals surface area (Å²) in [6, 6.07) is 28.8. The van der Waals surface area contributed by atoms with Gasteiger partial charge in [-0.15, -0.1) is 0 Å². The van der Waals surface area contributed by atoms with E-state index in [0.29, 0.717) is 17.6 Å². The highest BCUT2D eigenvalue weighted by molar-refractivity contribution is 6.02. The third-order valence-corrected chi connectivity index (χ3v) is 5.42. The monoisotopic (exact) mass is 391 g/mol. The fraction of sp³-hybridized carbons (Fsp3) is 0.0769. The van der Waals surface area contributed by atoms with Gasteiger partial charge in [-0.1, -0.05) is 90.5 Å². The molecule has 0 saturated heterocycles. The number of fused-ring (bicyclic) bond motifs is 1. The minimum Gasteiger partial charge on any atom is -0.320 e. The predicted octanol–water partition coefficient (Wildman–Crippen LogP) is 5.42. The molecule has 0 aliphatic carbocycles. The topological polar surface area (TPSA) is 50.7 Å².